The van der Waals surface area contributed by atoms with Crippen molar-refractivity contribution in [1.29, 1.82) is 0 Å². The molecule has 1 aliphatic heterocycles. The molecule has 0 amide bonds. The first-order valence-corrected chi connectivity index (χ1v) is 9.59. The minimum atomic E-state index is -0.148. The number of hydrogen-bond acceptors (Lipinski definition) is 4. The Morgan fingerprint density at radius 3 is 2.86 bits per heavy atom. The van der Waals surface area contributed by atoms with Crippen molar-refractivity contribution < 1.29 is 8.81 Å². The molecule has 142 valence electrons. The van der Waals surface area contributed by atoms with Crippen molar-refractivity contribution in [3.05, 3.63) is 83.5 Å². The molecule has 0 saturated carbocycles. The number of rotatable bonds is 5. The molecule has 2 aromatic carbocycles. The number of halogens is 1. The smallest absolute Gasteiger partial charge is 0.221 e. The average Bonchev–Trinajstić information content (AvgIpc) is 3.44. The van der Waals surface area contributed by atoms with Gasteiger partial charge in [-0.25, -0.2) is 4.39 Å². The first kappa shape index (κ1) is 17.1. The van der Waals surface area contributed by atoms with Gasteiger partial charge in [0, 0.05) is 35.8 Å². The zero-order valence-electron chi connectivity index (χ0n) is 15.4. The lowest BCUT2D eigenvalue weighted by atomic mass is 10.1. The fourth-order valence-electron chi connectivity index (χ4n) is 3.99. The number of aromatic nitrogens is 3. The summed E-state index contributed by atoms with van der Waals surface area (Å²) in [4.78, 5) is 5.52. The molecule has 0 radical (unpaired) electrons. The van der Waals surface area contributed by atoms with Crippen molar-refractivity contribution in [2.45, 2.75) is 25.3 Å². The highest BCUT2D eigenvalue weighted by Gasteiger charge is 2.28. The molecule has 5 nitrogen and oxygen atoms in total. The second kappa shape index (κ2) is 7.20. The van der Waals surface area contributed by atoms with Gasteiger partial charge in [0.1, 0.15) is 5.82 Å². The molecule has 3 heterocycles. The molecule has 0 spiro atoms. The highest BCUT2D eigenvalue weighted by atomic mass is 19.1. The molecule has 0 bridgehead atoms. The van der Waals surface area contributed by atoms with Gasteiger partial charge in [-0.15, -0.1) is 10.2 Å². The Bertz CT molecular complexity index is 1100. The molecule has 1 atom stereocenters. The third-order valence-corrected chi connectivity index (χ3v) is 5.47. The number of benzene rings is 2. The van der Waals surface area contributed by atoms with E-state index in [1.54, 1.807) is 6.07 Å². The summed E-state index contributed by atoms with van der Waals surface area (Å²) in [6, 6.07) is 15.1. The van der Waals surface area contributed by atoms with E-state index < -0.39 is 0 Å². The van der Waals surface area contributed by atoms with Crippen LogP contribution in [0.4, 0.5) is 4.39 Å². The Labute approximate surface area is 162 Å². The molecule has 1 unspecified atom stereocenters. The first-order valence-electron chi connectivity index (χ1n) is 9.59. The van der Waals surface area contributed by atoms with Gasteiger partial charge < -0.3 is 9.40 Å². The van der Waals surface area contributed by atoms with Gasteiger partial charge in [0.2, 0.25) is 11.8 Å². The Morgan fingerprint density at radius 2 is 1.93 bits per heavy atom. The predicted octanol–water partition coefficient (Wildman–Crippen LogP) is 4.27. The summed E-state index contributed by atoms with van der Waals surface area (Å²) in [6.45, 7) is 2.32. The summed E-state index contributed by atoms with van der Waals surface area (Å²) in [5.41, 5.74) is 2.99. The van der Waals surface area contributed by atoms with E-state index in [2.05, 4.69) is 32.2 Å². The number of hydrogen-bond donors (Lipinski definition) is 1. The van der Waals surface area contributed by atoms with Crippen LogP contribution in [0.15, 0.2) is 59.1 Å². The van der Waals surface area contributed by atoms with Crippen molar-refractivity contribution in [3.63, 3.8) is 0 Å². The number of likely N-dealkylation sites (tertiary alicyclic amines) is 1. The van der Waals surface area contributed by atoms with E-state index in [1.807, 2.05) is 30.5 Å². The van der Waals surface area contributed by atoms with Gasteiger partial charge in [0.25, 0.3) is 0 Å². The molecule has 4 aromatic rings. The quantitative estimate of drug-likeness (QED) is 0.565. The molecule has 1 aliphatic rings. The highest BCUT2D eigenvalue weighted by Crippen LogP contribution is 2.28. The number of aromatic amines is 1. The SMILES string of the molecule is Fc1ccccc1CN1CCC(c2nnc(Cc3c[nH]c4ccccc34)o2)C1. The van der Waals surface area contributed by atoms with E-state index in [0.717, 1.165) is 36.2 Å². The Kier molecular flexibility index (Phi) is 4.41. The largest absolute Gasteiger partial charge is 0.425 e. The minimum absolute atomic E-state index is 0.148. The van der Waals surface area contributed by atoms with E-state index in [-0.39, 0.29) is 11.7 Å². The van der Waals surface area contributed by atoms with Crippen molar-refractivity contribution >= 4 is 10.9 Å². The zero-order valence-corrected chi connectivity index (χ0v) is 15.4. The van der Waals surface area contributed by atoms with Crippen LogP contribution in [0.1, 0.15) is 35.2 Å². The third kappa shape index (κ3) is 3.31. The third-order valence-electron chi connectivity index (χ3n) is 5.47. The summed E-state index contributed by atoms with van der Waals surface area (Å²) in [6.07, 6.45) is 3.56. The molecule has 6 heteroatoms. The first-order chi connectivity index (χ1) is 13.8. The second-order valence-corrected chi connectivity index (χ2v) is 7.38. The summed E-state index contributed by atoms with van der Waals surface area (Å²) in [7, 11) is 0. The molecular weight excluding hydrogens is 355 g/mol. The van der Waals surface area contributed by atoms with Crippen LogP contribution in [0.2, 0.25) is 0 Å². The van der Waals surface area contributed by atoms with Crippen LogP contribution in [0, 0.1) is 5.82 Å². The highest BCUT2D eigenvalue weighted by molar-refractivity contribution is 5.83. The molecule has 28 heavy (non-hydrogen) atoms. The van der Waals surface area contributed by atoms with Gasteiger partial charge in [-0.05, 0) is 30.7 Å². The lowest BCUT2D eigenvalue weighted by molar-refractivity contribution is 0.313. The summed E-state index contributed by atoms with van der Waals surface area (Å²) >= 11 is 0. The second-order valence-electron chi connectivity index (χ2n) is 7.38. The predicted molar refractivity (Wildman–Crippen MR) is 104 cm³/mol. The van der Waals surface area contributed by atoms with E-state index in [1.165, 1.54) is 11.5 Å². The van der Waals surface area contributed by atoms with Crippen molar-refractivity contribution in [2.24, 2.45) is 0 Å². The fraction of sp³-hybridized carbons (Fsp3) is 0.273. The van der Waals surface area contributed by atoms with Crippen molar-refractivity contribution in [1.82, 2.24) is 20.1 Å². The molecule has 2 aromatic heterocycles. The summed E-state index contributed by atoms with van der Waals surface area (Å²) < 4.78 is 19.9. The van der Waals surface area contributed by atoms with Gasteiger partial charge in [0.05, 0.1) is 12.3 Å². The zero-order chi connectivity index (χ0) is 18.9. The van der Waals surface area contributed by atoms with Crippen LogP contribution in [-0.4, -0.2) is 33.2 Å². The van der Waals surface area contributed by atoms with Crippen molar-refractivity contribution in [3.8, 4) is 0 Å². The van der Waals surface area contributed by atoms with Crippen LogP contribution in [-0.2, 0) is 13.0 Å². The van der Waals surface area contributed by atoms with Gasteiger partial charge in [-0.2, -0.15) is 0 Å². The number of nitrogens with zero attached hydrogens (tertiary/aromatic N) is 3. The lowest BCUT2D eigenvalue weighted by Crippen LogP contribution is -2.20. The summed E-state index contributed by atoms with van der Waals surface area (Å²) in [5, 5.41) is 9.73. The van der Waals surface area contributed by atoms with E-state index in [9.17, 15) is 4.39 Å². The number of nitrogens with one attached hydrogen (secondary N) is 1. The molecule has 0 aliphatic carbocycles. The Balaban J connectivity index is 1.26. The lowest BCUT2D eigenvalue weighted by Gasteiger charge is -2.15. The Morgan fingerprint density at radius 1 is 1.07 bits per heavy atom. The van der Waals surface area contributed by atoms with Gasteiger partial charge in [-0.1, -0.05) is 36.4 Å². The molecule has 5 rings (SSSR count). The van der Waals surface area contributed by atoms with Crippen LogP contribution in [0.3, 0.4) is 0 Å². The Hall–Kier alpha value is -2.99. The van der Waals surface area contributed by atoms with Gasteiger partial charge in [0.15, 0.2) is 0 Å². The number of H-pyrrole nitrogens is 1. The maximum Gasteiger partial charge on any atom is 0.221 e. The molecular formula is C22H21FN4O. The van der Waals surface area contributed by atoms with Gasteiger partial charge in [-0.3, -0.25) is 4.90 Å². The topological polar surface area (TPSA) is 58.0 Å². The monoisotopic (exact) mass is 376 g/mol. The van der Waals surface area contributed by atoms with Crippen molar-refractivity contribution in [2.75, 3.05) is 13.1 Å². The van der Waals surface area contributed by atoms with Gasteiger partial charge >= 0.3 is 0 Å². The number of fused-ring (bicyclic) bond motifs is 1. The van der Waals surface area contributed by atoms with E-state index in [4.69, 9.17) is 4.42 Å². The van der Waals surface area contributed by atoms with Crippen LogP contribution < -0.4 is 0 Å². The standard InChI is InChI=1S/C22H21FN4O/c23-19-7-3-1-5-15(19)13-27-10-9-16(14-27)22-26-25-21(28-22)11-17-12-24-20-8-4-2-6-18(17)20/h1-8,12,16,24H,9-11,13-14H2. The molecule has 1 N–H and O–H groups in total. The summed E-state index contributed by atoms with van der Waals surface area (Å²) in [5.74, 6) is 1.37. The maximum atomic E-state index is 13.9. The molecule has 1 saturated heterocycles. The van der Waals surface area contributed by atoms with Crippen LogP contribution >= 0.6 is 0 Å². The maximum absolute atomic E-state index is 13.9. The number of para-hydroxylation sites is 1. The van der Waals surface area contributed by atoms with E-state index in [0.29, 0.717) is 24.7 Å². The molecule has 1 fully saturated rings. The minimum Gasteiger partial charge on any atom is -0.425 e. The average molecular weight is 376 g/mol. The normalized spacial score (nSPS) is 17.5. The van der Waals surface area contributed by atoms with Crippen LogP contribution in [0.25, 0.3) is 10.9 Å². The van der Waals surface area contributed by atoms with Crippen LogP contribution in [0.5, 0.6) is 0 Å². The fourth-order valence-corrected chi connectivity index (χ4v) is 3.99. The van der Waals surface area contributed by atoms with E-state index >= 15 is 0 Å².